The molecule has 13 saturated carbocycles. The molecule has 2 aromatic carbocycles. The summed E-state index contributed by atoms with van der Waals surface area (Å²) < 4.78 is 14.0. The van der Waals surface area contributed by atoms with Crippen molar-refractivity contribution in [3.05, 3.63) is 65.9 Å². The number of rotatable bonds is 5. The van der Waals surface area contributed by atoms with Crippen molar-refractivity contribution in [1.29, 1.82) is 0 Å². The third-order valence-electron chi connectivity index (χ3n) is 24.4. The van der Waals surface area contributed by atoms with Gasteiger partial charge in [-0.05, 0) is 241 Å². The van der Waals surface area contributed by atoms with Crippen LogP contribution < -0.4 is 9.92 Å². The summed E-state index contributed by atoms with van der Waals surface area (Å²) in [5.74, 6) is 37.9. The average Bonchev–Trinajstić information content (AvgIpc) is 4.09. The van der Waals surface area contributed by atoms with Gasteiger partial charge < -0.3 is 9.16 Å². The molecule has 0 aliphatic heterocycles. The Morgan fingerprint density at radius 1 is 0.466 bits per heavy atom. The summed E-state index contributed by atoms with van der Waals surface area (Å²) in [6.45, 7) is 5.04. The maximum atomic E-state index is 8.13. The standard InChI is InChI=1S/C55H62O2Si/c1-56-26-13-11-23(12-14-26)36-43-33-20-19-32-31-18-17-30-29-16-15-28-24-9-10-25-22-35-45(37(25)55(36)57-58(2,3)27-7-5-4-6-8-27)50(43)51-44(33)42(32)49-41(31)40(30)48-39(29)38(28)34(21-24)46-47(35)53(51)54(49)52(46)48/h4-8,11-14,24-25,28-35,37-54H,15-22H2,1-3H3. The quantitative estimate of drug-likeness (QED) is 0.222. The van der Waals surface area contributed by atoms with Gasteiger partial charge in [0.05, 0.1) is 12.9 Å². The lowest BCUT2D eigenvalue weighted by atomic mass is 9.43. The van der Waals surface area contributed by atoms with Gasteiger partial charge in [-0.2, -0.15) is 0 Å². The second kappa shape index (κ2) is 10.3. The van der Waals surface area contributed by atoms with Crippen molar-refractivity contribution in [1.82, 2.24) is 0 Å². The van der Waals surface area contributed by atoms with Crippen LogP contribution in [0.3, 0.4) is 0 Å². The third-order valence-corrected chi connectivity index (χ3v) is 26.9. The topological polar surface area (TPSA) is 18.5 Å². The second-order valence-corrected chi connectivity index (χ2v) is 28.6. The molecule has 15 aliphatic carbocycles. The molecule has 4 bridgehead atoms. The third kappa shape index (κ3) is 3.27. The van der Waals surface area contributed by atoms with Crippen molar-refractivity contribution in [2.24, 2.45) is 166 Å². The summed E-state index contributed by atoms with van der Waals surface area (Å²) in [6, 6.07) is 21.0. The van der Waals surface area contributed by atoms with E-state index in [2.05, 4.69) is 79.5 Å². The molecule has 298 valence electrons. The van der Waals surface area contributed by atoms with Crippen molar-refractivity contribution in [2.45, 2.75) is 64.5 Å². The molecule has 0 amide bonds. The van der Waals surface area contributed by atoms with Crippen LogP contribution in [0.4, 0.5) is 0 Å². The first-order valence-electron chi connectivity index (χ1n) is 25.2. The lowest BCUT2D eigenvalue weighted by Gasteiger charge is -2.61. The first kappa shape index (κ1) is 32.3. The van der Waals surface area contributed by atoms with E-state index in [1.54, 1.807) is 31.3 Å². The minimum absolute atomic E-state index is 0.460. The molecule has 0 aromatic heterocycles. The Labute approximate surface area is 347 Å². The van der Waals surface area contributed by atoms with E-state index < -0.39 is 8.32 Å². The van der Waals surface area contributed by atoms with Crippen LogP contribution in [-0.2, 0) is 4.43 Å². The van der Waals surface area contributed by atoms with Crippen molar-refractivity contribution in [2.75, 3.05) is 7.11 Å². The number of ether oxygens (including phenoxy) is 1. The average molecular weight is 783 g/mol. The highest BCUT2D eigenvalue weighted by molar-refractivity contribution is 6.84. The van der Waals surface area contributed by atoms with Crippen molar-refractivity contribution in [3.63, 3.8) is 0 Å². The number of hydrogen-bond acceptors (Lipinski definition) is 2. The van der Waals surface area contributed by atoms with Crippen molar-refractivity contribution >= 4 is 19.1 Å². The molecule has 3 heteroatoms. The molecule has 28 atom stereocenters. The molecule has 0 heterocycles. The van der Waals surface area contributed by atoms with Crippen LogP contribution in [0.1, 0.15) is 56.9 Å². The maximum absolute atomic E-state index is 8.13. The highest BCUT2D eigenvalue weighted by Gasteiger charge is 2.86. The van der Waals surface area contributed by atoms with Gasteiger partial charge >= 0.3 is 0 Å². The molecule has 0 N–H and O–H groups in total. The van der Waals surface area contributed by atoms with Gasteiger partial charge in [0.2, 0.25) is 0 Å². The Kier molecular flexibility index (Phi) is 5.71. The summed E-state index contributed by atoms with van der Waals surface area (Å²) in [6.07, 6.45) is 12.3. The van der Waals surface area contributed by atoms with Crippen LogP contribution >= 0.6 is 0 Å². The summed E-state index contributed by atoms with van der Waals surface area (Å²) in [5.41, 5.74) is 3.16. The Bertz CT molecular complexity index is 2280. The van der Waals surface area contributed by atoms with Gasteiger partial charge in [0.1, 0.15) is 5.75 Å². The van der Waals surface area contributed by atoms with Crippen LogP contribution in [0.5, 0.6) is 5.75 Å². The fraction of sp³-hybridized carbons (Fsp3) is 0.709. The van der Waals surface area contributed by atoms with E-state index in [-0.39, 0.29) is 0 Å². The molecule has 15 aliphatic rings. The zero-order chi connectivity index (χ0) is 37.4. The van der Waals surface area contributed by atoms with Crippen LogP contribution in [0, 0.1) is 178 Å². The summed E-state index contributed by atoms with van der Waals surface area (Å²) in [7, 11) is -0.482. The number of hydrogen-bond donors (Lipinski definition) is 0. The number of allylic oxidation sites excluding steroid dienone is 2. The Balaban J connectivity index is 0.966. The van der Waals surface area contributed by atoms with Crippen molar-refractivity contribution < 1.29 is 9.16 Å². The highest BCUT2D eigenvalue weighted by atomic mass is 28.4. The van der Waals surface area contributed by atoms with Crippen molar-refractivity contribution in [3.8, 4) is 17.6 Å². The van der Waals surface area contributed by atoms with Crippen LogP contribution in [0.2, 0.25) is 13.1 Å². The van der Waals surface area contributed by atoms with Gasteiger partial charge in [-0.1, -0.05) is 54.3 Å². The van der Waals surface area contributed by atoms with Gasteiger partial charge in [-0.15, -0.1) is 0 Å². The van der Waals surface area contributed by atoms with E-state index in [0.717, 1.165) is 148 Å². The second-order valence-electron chi connectivity index (χ2n) is 24.8. The minimum atomic E-state index is -2.32. The minimum Gasteiger partial charge on any atom is -0.542 e. The number of benzene rings is 2. The molecule has 0 spiro atoms. The van der Waals surface area contributed by atoms with Gasteiger partial charge in [0.15, 0.2) is 0 Å². The molecule has 2 aromatic rings. The van der Waals surface area contributed by atoms with Crippen LogP contribution in [0.15, 0.2) is 60.4 Å². The first-order chi connectivity index (χ1) is 28.5. The SMILES string of the molecule is COc1ccc(C2=C(O[Si](C)(C)c3ccccc3)C3C4C#CC5CC6C7C5CCC5C8CCC9C%10CCC%11C2C2C3C(C4)C3C6C4C(C57)C8C9C5C%10C%11C2C3C54)cc1. The molecular weight excluding hydrogens is 721 g/mol. The lowest BCUT2D eigenvalue weighted by molar-refractivity contribution is -0.148. The highest BCUT2D eigenvalue weighted by Crippen LogP contribution is 2.90. The van der Waals surface area contributed by atoms with E-state index in [4.69, 9.17) is 9.16 Å². The van der Waals surface area contributed by atoms with E-state index in [9.17, 15) is 0 Å². The zero-order valence-electron chi connectivity index (χ0n) is 34.8. The normalized spacial score (nSPS) is 60.4. The van der Waals surface area contributed by atoms with Crippen LogP contribution in [0.25, 0.3) is 5.57 Å². The van der Waals surface area contributed by atoms with Crippen LogP contribution in [-0.4, -0.2) is 15.4 Å². The van der Waals surface area contributed by atoms with E-state index in [0.29, 0.717) is 23.7 Å². The predicted molar refractivity (Wildman–Crippen MR) is 227 cm³/mol. The van der Waals surface area contributed by atoms with E-state index in [1.807, 2.05) is 7.11 Å². The molecule has 13 fully saturated rings. The summed E-state index contributed by atoms with van der Waals surface area (Å²) in [4.78, 5) is 0. The fourth-order valence-corrected chi connectivity index (χ4v) is 26.6. The van der Waals surface area contributed by atoms with Gasteiger partial charge in [-0.3, -0.25) is 0 Å². The Morgan fingerprint density at radius 3 is 1.64 bits per heavy atom. The summed E-state index contributed by atoms with van der Waals surface area (Å²) in [5, 5.41) is 1.44. The van der Waals surface area contributed by atoms with Gasteiger partial charge in [0, 0.05) is 17.8 Å². The van der Waals surface area contributed by atoms with E-state index >= 15 is 0 Å². The maximum Gasteiger partial charge on any atom is 0.276 e. The summed E-state index contributed by atoms with van der Waals surface area (Å²) >= 11 is 0. The molecule has 0 radical (unpaired) electrons. The monoisotopic (exact) mass is 782 g/mol. The molecule has 17 rings (SSSR count). The Morgan fingerprint density at radius 2 is 0.966 bits per heavy atom. The largest absolute Gasteiger partial charge is 0.542 e. The van der Waals surface area contributed by atoms with E-state index in [1.165, 1.54) is 42.2 Å². The van der Waals surface area contributed by atoms with Gasteiger partial charge in [0.25, 0.3) is 8.32 Å². The lowest BCUT2D eigenvalue weighted by Crippen LogP contribution is -2.58. The first-order valence-corrected chi connectivity index (χ1v) is 28.1. The molecule has 2 nitrogen and oxygen atoms in total. The molecule has 0 saturated heterocycles. The number of methoxy groups -OCH3 is 1. The fourth-order valence-electron chi connectivity index (χ4n) is 24.7. The number of fused-ring (bicyclic) bond motifs is 7. The predicted octanol–water partition coefficient (Wildman–Crippen LogP) is 10.1. The molecule has 28 unspecified atom stereocenters. The van der Waals surface area contributed by atoms with Gasteiger partial charge in [-0.25, -0.2) is 0 Å². The molecule has 58 heavy (non-hydrogen) atoms. The Hall–Kier alpha value is -2.44. The zero-order valence-corrected chi connectivity index (χ0v) is 35.8. The smallest absolute Gasteiger partial charge is 0.276 e. The molecular formula is C55H62O2Si.